The molecule has 0 aliphatic heterocycles. The van der Waals surface area contributed by atoms with Crippen LogP contribution in [0, 0.1) is 6.92 Å². The van der Waals surface area contributed by atoms with E-state index in [0.29, 0.717) is 5.56 Å². The van der Waals surface area contributed by atoms with Crippen LogP contribution in [0.1, 0.15) is 16.1 Å². The van der Waals surface area contributed by atoms with Gasteiger partial charge in [-0.25, -0.2) is 10.1 Å². The quantitative estimate of drug-likeness (QED) is 0.803. The highest BCUT2D eigenvalue weighted by Crippen LogP contribution is 2.20. The minimum absolute atomic E-state index is 0.152. The Kier molecular flexibility index (Phi) is 3.30. The Morgan fingerprint density at radius 3 is 3.00 bits per heavy atom. The van der Waals surface area contributed by atoms with E-state index in [1.165, 1.54) is 0 Å². The van der Waals surface area contributed by atoms with Gasteiger partial charge < -0.3 is 4.57 Å². The molecule has 0 aliphatic rings. The summed E-state index contributed by atoms with van der Waals surface area (Å²) < 4.78 is 1.95. The summed E-state index contributed by atoms with van der Waals surface area (Å²) in [6, 6.07) is 3.83. The second-order valence-electron chi connectivity index (χ2n) is 4.32. The average Bonchev–Trinajstić information content (AvgIpc) is 3.09. The van der Waals surface area contributed by atoms with Crippen molar-refractivity contribution in [2.75, 3.05) is 0 Å². The van der Waals surface area contributed by atoms with Crippen LogP contribution in [0.2, 0.25) is 0 Å². The molecule has 0 unspecified atom stereocenters. The van der Waals surface area contributed by atoms with E-state index in [4.69, 9.17) is 0 Å². The van der Waals surface area contributed by atoms with Gasteiger partial charge in [0.25, 0.3) is 5.56 Å². The van der Waals surface area contributed by atoms with Crippen molar-refractivity contribution < 1.29 is 0 Å². The van der Waals surface area contributed by atoms with E-state index in [-0.39, 0.29) is 5.56 Å². The maximum absolute atomic E-state index is 11.2. The zero-order valence-corrected chi connectivity index (χ0v) is 11.6. The van der Waals surface area contributed by atoms with Crippen LogP contribution in [-0.4, -0.2) is 19.7 Å². The predicted octanol–water partition coefficient (Wildman–Crippen LogP) is 2.50. The molecule has 1 N–H and O–H groups in total. The molecule has 20 heavy (non-hydrogen) atoms. The molecule has 3 aromatic heterocycles. The molecule has 3 aromatic rings. The number of thiophene rings is 1. The monoisotopic (exact) mass is 284 g/mol. The minimum atomic E-state index is -0.152. The van der Waals surface area contributed by atoms with Crippen LogP contribution in [0.15, 0.2) is 41.0 Å². The van der Waals surface area contributed by atoms with Crippen molar-refractivity contribution in [1.29, 1.82) is 0 Å². The number of hydrogen-bond acceptors (Lipinski definition) is 4. The molecule has 0 bridgehead atoms. The molecular formula is C14H12N4OS. The summed E-state index contributed by atoms with van der Waals surface area (Å²) in [5.74, 6) is 0. The number of rotatable bonds is 3. The molecule has 0 fully saturated rings. The SMILES string of the molecule is Cc1cc(/C=C/c2cc(-n3ccnc3)cs2)n[nH]c1=O. The van der Waals surface area contributed by atoms with Crippen molar-refractivity contribution in [2.24, 2.45) is 0 Å². The molecule has 5 nitrogen and oxygen atoms in total. The Balaban J connectivity index is 1.82. The lowest BCUT2D eigenvalue weighted by atomic mass is 10.2. The third-order valence-corrected chi connectivity index (χ3v) is 3.72. The summed E-state index contributed by atoms with van der Waals surface area (Å²) in [6.07, 6.45) is 9.28. The van der Waals surface area contributed by atoms with Crippen LogP contribution in [0.5, 0.6) is 0 Å². The van der Waals surface area contributed by atoms with Crippen LogP contribution in [-0.2, 0) is 0 Å². The van der Waals surface area contributed by atoms with E-state index < -0.39 is 0 Å². The smallest absolute Gasteiger partial charge is 0.267 e. The number of aryl methyl sites for hydroxylation is 1. The zero-order chi connectivity index (χ0) is 13.9. The molecular weight excluding hydrogens is 272 g/mol. The van der Waals surface area contributed by atoms with Crippen molar-refractivity contribution in [1.82, 2.24) is 19.7 Å². The summed E-state index contributed by atoms with van der Waals surface area (Å²) in [5.41, 5.74) is 2.32. The van der Waals surface area contributed by atoms with Crippen molar-refractivity contribution in [2.45, 2.75) is 6.92 Å². The maximum Gasteiger partial charge on any atom is 0.267 e. The van der Waals surface area contributed by atoms with Gasteiger partial charge in [0, 0.05) is 28.2 Å². The van der Waals surface area contributed by atoms with Crippen molar-refractivity contribution >= 4 is 23.5 Å². The normalized spacial score (nSPS) is 11.2. The summed E-state index contributed by atoms with van der Waals surface area (Å²) in [5, 5.41) is 8.50. The summed E-state index contributed by atoms with van der Waals surface area (Å²) in [6.45, 7) is 1.76. The number of nitrogens with one attached hydrogen (secondary N) is 1. The van der Waals surface area contributed by atoms with Crippen molar-refractivity contribution in [3.05, 3.63) is 62.7 Å². The van der Waals surface area contributed by atoms with Crippen LogP contribution in [0.4, 0.5) is 0 Å². The van der Waals surface area contributed by atoms with Gasteiger partial charge in [-0.05, 0) is 31.2 Å². The molecule has 3 heterocycles. The van der Waals surface area contributed by atoms with Crippen molar-refractivity contribution in [3.8, 4) is 5.69 Å². The van der Waals surface area contributed by atoms with Crippen LogP contribution in [0.3, 0.4) is 0 Å². The topological polar surface area (TPSA) is 63.6 Å². The lowest BCUT2D eigenvalue weighted by Gasteiger charge is -1.94. The molecule has 3 rings (SSSR count). The highest BCUT2D eigenvalue weighted by atomic mass is 32.1. The largest absolute Gasteiger partial charge is 0.305 e. The van der Waals surface area contributed by atoms with Gasteiger partial charge >= 0.3 is 0 Å². The third-order valence-electron chi connectivity index (χ3n) is 2.84. The number of imidazole rings is 1. The number of aromatic amines is 1. The van der Waals surface area contributed by atoms with E-state index in [1.807, 2.05) is 22.9 Å². The molecule has 0 saturated heterocycles. The van der Waals surface area contributed by atoms with Gasteiger partial charge in [-0.2, -0.15) is 5.10 Å². The fourth-order valence-electron chi connectivity index (χ4n) is 1.75. The highest BCUT2D eigenvalue weighted by molar-refractivity contribution is 7.11. The second-order valence-corrected chi connectivity index (χ2v) is 5.26. The second kappa shape index (κ2) is 5.26. The fraction of sp³-hybridized carbons (Fsp3) is 0.0714. The van der Waals surface area contributed by atoms with Gasteiger partial charge in [-0.3, -0.25) is 4.79 Å². The Hall–Kier alpha value is -2.47. The number of aromatic nitrogens is 4. The number of hydrogen-bond donors (Lipinski definition) is 1. The van der Waals surface area contributed by atoms with Crippen LogP contribution in [0.25, 0.3) is 17.8 Å². The van der Waals surface area contributed by atoms with Gasteiger partial charge in [0.2, 0.25) is 0 Å². The Morgan fingerprint density at radius 2 is 2.25 bits per heavy atom. The minimum Gasteiger partial charge on any atom is -0.305 e. The van der Waals surface area contributed by atoms with E-state index in [1.54, 1.807) is 36.9 Å². The van der Waals surface area contributed by atoms with Gasteiger partial charge in [0.15, 0.2) is 0 Å². The van der Waals surface area contributed by atoms with E-state index in [2.05, 4.69) is 26.6 Å². The predicted molar refractivity (Wildman–Crippen MR) is 80.0 cm³/mol. The lowest BCUT2D eigenvalue weighted by molar-refractivity contribution is 0.958. The maximum atomic E-state index is 11.2. The van der Waals surface area contributed by atoms with Gasteiger partial charge in [-0.15, -0.1) is 11.3 Å². The molecule has 100 valence electrons. The van der Waals surface area contributed by atoms with Crippen LogP contribution >= 0.6 is 11.3 Å². The summed E-state index contributed by atoms with van der Waals surface area (Å²) in [7, 11) is 0. The average molecular weight is 284 g/mol. The molecule has 0 atom stereocenters. The van der Waals surface area contributed by atoms with Gasteiger partial charge in [-0.1, -0.05) is 0 Å². The Morgan fingerprint density at radius 1 is 1.35 bits per heavy atom. The number of nitrogens with zero attached hydrogens (tertiary/aromatic N) is 3. The number of H-pyrrole nitrogens is 1. The molecule has 0 aromatic carbocycles. The van der Waals surface area contributed by atoms with E-state index >= 15 is 0 Å². The van der Waals surface area contributed by atoms with Gasteiger partial charge in [0.05, 0.1) is 17.7 Å². The lowest BCUT2D eigenvalue weighted by Crippen LogP contribution is -2.11. The van der Waals surface area contributed by atoms with Crippen molar-refractivity contribution in [3.63, 3.8) is 0 Å². The molecule has 0 saturated carbocycles. The standard InChI is InChI=1S/C14H12N4OS/c1-10-6-11(16-17-14(10)19)2-3-13-7-12(8-20-13)18-5-4-15-9-18/h2-9H,1H3,(H,17,19)/b3-2+. The van der Waals surface area contributed by atoms with E-state index in [0.717, 1.165) is 16.3 Å². The summed E-state index contributed by atoms with van der Waals surface area (Å²) >= 11 is 1.64. The first kappa shape index (κ1) is 12.6. The molecule has 0 spiro atoms. The molecule has 0 amide bonds. The third kappa shape index (κ3) is 2.60. The highest BCUT2D eigenvalue weighted by Gasteiger charge is 2.00. The summed E-state index contributed by atoms with van der Waals surface area (Å²) in [4.78, 5) is 16.4. The molecule has 6 heteroatoms. The first-order valence-corrected chi connectivity index (χ1v) is 6.91. The first-order chi connectivity index (χ1) is 9.72. The first-order valence-electron chi connectivity index (χ1n) is 6.03. The van der Waals surface area contributed by atoms with Gasteiger partial charge in [0.1, 0.15) is 0 Å². The Labute approximate surface area is 119 Å². The van der Waals surface area contributed by atoms with Crippen LogP contribution < -0.4 is 5.56 Å². The fourth-order valence-corrected chi connectivity index (χ4v) is 2.53. The zero-order valence-electron chi connectivity index (χ0n) is 10.8. The molecule has 0 radical (unpaired) electrons. The van der Waals surface area contributed by atoms with E-state index in [9.17, 15) is 4.79 Å². The Bertz CT molecular complexity index is 799. The molecule has 0 aliphatic carbocycles.